The highest BCUT2D eigenvalue weighted by atomic mass is 35.5. The van der Waals surface area contributed by atoms with Gasteiger partial charge in [0.2, 0.25) is 0 Å². The van der Waals surface area contributed by atoms with Gasteiger partial charge in [-0.2, -0.15) is 0 Å². The Bertz CT molecular complexity index is 327. The van der Waals surface area contributed by atoms with E-state index in [1.807, 2.05) is 12.1 Å². The van der Waals surface area contributed by atoms with Gasteiger partial charge in [-0.25, -0.2) is 4.98 Å². The fourth-order valence-electron chi connectivity index (χ4n) is 2.08. The van der Waals surface area contributed by atoms with Crippen molar-refractivity contribution in [2.24, 2.45) is 11.8 Å². The molecule has 2 nitrogen and oxygen atoms in total. The van der Waals surface area contributed by atoms with Gasteiger partial charge in [-0.15, -0.1) is 0 Å². The second-order valence-electron chi connectivity index (χ2n) is 5.47. The van der Waals surface area contributed by atoms with E-state index in [0.717, 1.165) is 5.69 Å². The Morgan fingerprint density at radius 3 is 2.24 bits per heavy atom. The van der Waals surface area contributed by atoms with E-state index in [1.54, 1.807) is 6.20 Å². The molecule has 17 heavy (non-hydrogen) atoms. The van der Waals surface area contributed by atoms with E-state index in [0.29, 0.717) is 23.0 Å². The molecule has 1 aromatic rings. The number of halogens is 1. The minimum Gasteiger partial charge on any atom is -0.382 e. The van der Waals surface area contributed by atoms with Crippen LogP contribution in [0.25, 0.3) is 0 Å². The van der Waals surface area contributed by atoms with Crippen LogP contribution in [0.4, 0.5) is 5.69 Å². The third-order valence-electron chi connectivity index (χ3n) is 2.61. The molecule has 0 saturated carbocycles. The summed E-state index contributed by atoms with van der Waals surface area (Å²) in [6, 6.07) is 4.36. The smallest absolute Gasteiger partial charge is 0.131 e. The lowest BCUT2D eigenvalue weighted by atomic mass is 9.95. The van der Waals surface area contributed by atoms with Crippen molar-refractivity contribution in [3.8, 4) is 0 Å². The Kier molecular flexibility index (Phi) is 5.76. The molecule has 1 heterocycles. The monoisotopic (exact) mass is 254 g/mol. The SMILES string of the molecule is CC(C)CC(CC(C)C)Nc1ccnc(Cl)c1. The second kappa shape index (κ2) is 6.85. The Hall–Kier alpha value is -0.760. The average Bonchev–Trinajstić information content (AvgIpc) is 2.14. The molecule has 0 aliphatic rings. The summed E-state index contributed by atoms with van der Waals surface area (Å²) in [6.07, 6.45) is 4.10. The Morgan fingerprint density at radius 1 is 1.18 bits per heavy atom. The van der Waals surface area contributed by atoms with Crippen molar-refractivity contribution >= 4 is 17.3 Å². The summed E-state index contributed by atoms with van der Waals surface area (Å²) >= 11 is 5.89. The number of anilines is 1. The van der Waals surface area contributed by atoms with Crippen molar-refractivity contribution in [2.75, 3.05) is 5.32 Å². The quantitative estimate of drug-likeness (QED) is 0.750. The Balaban J connectivity index is 2.64. The van der Waals surface area contributed by atoms with Crippen LogP contribution in [0.3, 0.4) is 0 Å². The van der Waals surface area contributed by atoms with Crippen molar-refractivity contribution < 1.29 is 0 Å². The van der Waals surface area contributed by atoms with Gasteiger partial charge in [0.05, 0.1) is 0 Å². The van der Waals surface area contributed by atoms with Crippen molar-refractivity contribution in [2.45, 2.75) is 46.6 Å². The van der Waals surface area contributed by atoms with Crippen LogP contribution >= 0.6 is 11.6 Å². The first-order valence-corrected chi connectivity index (χ1v) is 6.73. The molecule has 3 heteroatoms. The first-order valence-electron chi connectivity index (χ1n) is 6.35. The zero-order chi connectivity index (χ0) is 12.8. The van der Waals surface area contributed by atoms with Crippen LogP contribution in [0.2, 0.25) is 5.15 Å². The molecule has 0 aliphatic carbocycles. The fourth-order valence-corrected chi connectivity index (χ4v) is 2.25. The first kappa shape index (κ1) is 14.3. The van der Waals surface area contributed by atoms with Crippen molar-refractivity contribution in [3.63, 3.8) is 0 Å². The molecule has 0 atom stereocenters. The van der Waals surface area contributed by atoms with E-state index in [2.05, 4.69) is 38.0 Å². The molecular weight excluding hydrogens is 232 g/mol. The minimum absolute atomic E-state index is 0.508. The molecular formula is C14H23ClN2. The number of nitrogens with zero attached hydrogens (tertiary/aromatic N) is 1. The zero-order valence-corrected chi connectivity index (χ0v) is 12.0. The van der Waals surface area contributed by atoms with E-state index in [9.17, 15) is 0 Å². The van der Waals surface area contributed by atoms with Crippen LogP contribution in [0.5, 0.6) is 0 Å². The van der Waals surface area contributed by atoms with Crippen LogP contribution < -0.4 is 5.32 Å². The molecule has 1 aromatic heterocycles. The summed E-state index contributed by atoms with van der Waals surface area (Å²) in [5.41, 5.74) is 1.07. The third-order valence-corrected chi connectivity index (χ3v) is 2.82. The largest absolute Gasteiger partial charge is 0.382 e. The summed E-state index contributed by atoms with van der Waals surface area (Å²) in [6.45, 7) is 9.03. The van der Waals surface area contributed by atoms with E-state index >= 15 is 0 Å². The van der Waals surface area contributed by atoms with Gasteiger partial charge in [0.1, 0.15) is 5.15 Å². The minimum atomic E-state index is 0.508. The molecule has 1 rings (SSSR count). The van der Waals surface area contributed by atoms with Crippen molar-refractivity contribution in [1.82, 2.24) is 4.98 Å². The second-order valence-corrected chi connectivity index (χ2v) is 5.85. The number of hydrogen-bond donors (Lipinski definition) is 1. The summed E-state index contributed by atoms with van der Waals surface area (Å²) < 4.78 is 0. The van der Waals surface area contributed by atoms with Crippen LogP contribution in [0.1, 0.15) is 40.5 Å². The molecule has 0 fully saturated rings. The molecule has 96 valence electrons. The van der Waals surface area contributed by atoms with Crippen LogP contribution in [-0.2, 0) is 0 Å². The van der Waals surface area contributed by atoms with E-state index < -0.39 is 0 Å². The first-order chi connectivity index (χ1) is 7.97. The van der Waals surface area contributed by atoms with Crippen molar-refractivity contribution in [3.05, 3.63) is 23.5 Å². The van der Waals surface area contributed by atoms with E-state index in [1.165, 1.54) is 12.8 Å². The number of nitrogens with one attached hydrogen (secondary N) is 1. The standard InChI is InChI=1S/C14H23ClN2/c1-10(2)7-13(8-11(3)4)17-12-5-6-16-14(15)9-12/h5-6,9-11,13H,7-8H2,1-4H3,(H,16,17). The molecule has 0 amide bonds. The third kappa shape index (κ3) is 5.92. The Morgan fingerprint density at radius 2 is 1.76 bits per heavy atom. The van der Waals surface area contributed by atoms with Gasteiger partial charge in [-0.1, -0.05) is 39.3 Å². The highest BCUT2D eigenvalue weighted by Gasteiger charge is 2.12. The normalized spacial score (nSPS) is 11.5. The maximum absolute atomic E-state index is 5.89. The molecule has 0 spiro atoms. The van der Waals surface area contributed by atoms with Crippen molar-refractivity contribution in [1.29, 1.82) is 0 Å². The maximum Gasteiger partial charge on any atom is 0.131 e. The van der Waals surface area contributed by atoms with Gasteiger partial charge >= 0.3 is 0 Å². The molecule has 0 saturated heterocycles. The van der Waals surface area contributed by atoms with Gasteiger partial charge in [-0.05, 0) is 36.8 Å². The predicted molar refractivity (Wildman–Crippen MR) is 75.6 cm³/mol. The molecule has 0 aliphatic heterocycles. The highest BCUT2D eigenvalue weighted by molar-refractivity contribution is 6.29. The fraction of sp³-hybridized carbons (Fsp3) is 0.643. The molecule has 0 bridgehead atoms. The lowest BCUT2D eigenvalue weighted by Gasteiger charge is -2.23. The number of pyridine rings is 1. The maximum atomic E-state index is 5.89. The predicted octanol–water partition coefficient (Wildman–Crippen LogP) is 4.61. The van der Waals surface area contributed by atoms with Crippen LogP contribution in [0.15, 0.2) is 18.3 Å². The summed E-state index contributed by atoms with van der Waals surface area (Å²) in [7, 11) is 0. The van der Waals surface area contributed by atoms with E-state index in [-0.39, 0.29) is 0 Å². The molecule has 1 N–H and O–H groups in total. The number of hydrogen-bond acceptors (Lipinski definition) is 2. The van der Waals surface area contributed by atoms with Crippen LogP contribution in [0, 0.1) is 11.8 Å². The average molecular weight is 255 g/mol. The van der Waals surface area contributed by atoms with E-state index in [4.69, 9.17) is 11.6 Å². The summed E-state index contributed by atoms with van der Waals surface area (Å²) in [4.78, 5) is 3.99. The molecule has 0 radical (unpaired) electrons. The van der Waals surface area contributed by atoms with Gasteiger partial charge in [0.15, 0.2) is 0 Å². The summed E-state index contributed by atoms with van der Waals surface area (Å²) in [5.74, 6) is 1.40. The van der Waals surface area contributed by atoms with Gasteiger partial charge in [0.25, 0.3) is 0 Å². The van der Waals surface area contributed by atoms with Gasteiger partial charge in [-0.3, -0.25) is 0 Å². The number of rotatable bonds is 6. The van der Waals surface area contributed by atoms with Gasteiger partial charge in [0, 0.05) is 17.9 Å². The van der Waals surface area contributed by atoms with Crippen LogP contribution in [-0.4, -0.2) is 11.0 Å². The number of aromatic nitrogens is 1. The van der Waals surface area contributed by atoms with Gasteiger partial charge < -0.3 is 5.32 Å². The Labute approximate surface area is 110 Å². The lowest BCUT2D eigenvalue weighted by molar-refractivity contribution is 0.442. The zero-order valence-electron chi connectivity index (χ0n) is 11.2. The topological polar surface area (TPSA) is 24.9 Å². The lowest BCUT2D eigenvalue weighted by Crippen LogP contribution is -2.23. The molecule has 0 aromatic carbocycles. The molecule has 0 unspecified atom stereocenters. The highest BCUT2D eigenvalue weighted by Crippen LogP contribution is 2.20. The summed E-state index contributed by atoms with van der Waals surface area (Å²) in [5, 5.41) is 4.10.